The van der Waals surface area contributed by atoms with Crippen LogP contribution in [0.25, 0.3) is 0 Å². The van der Waals surface area contributed by atoms with Gasteiger partial charge < -0.3 is 0 Å². The highest BCUT2D eigenvalue weighted by Gasteiger charge is 2.37. The van der Waals surface area contributed by atoms with Gasteiger partial charge in [-0.3, -0.25) is 4.90 Å². The molecule has 0 radical (unpaired) electrons. The molecule has 0 saturated heterocycles. The Morgan fingerprint density at radius 3 is 2.33 bits per heavy atom. The van der Waals surface area contributed by atoms with Crippen LogP contribution in [-0.2, 0) is 6.54 Å². The Kier molecular flexibility index (Phi) is 4.74. The first-order chi connectivity index (χ1) is 8.65. The largest absolute Gasteiger partial charge is 0.296 e. The summed E-state index contributed by atoms with van der Waals surface area (Å²) in [6.07, 6.45) is 4.10. The molecule has 0 bridgehead atoms. The summed E-state index contributed by atoms with van der Waals surface area (Å²) >= 11 is 4.58. The molecule has 100 valence electrons. The van der Waals surface area contributed by atoms with Gasteiger partial charge in [-0.2, -0.15) is 12.6 Å². The molecule has 1 aliphatic carbocycles. The predicted octanol–water partition coefficient (Wildman–Crippen LogP) is 4.00. The lowest BCUT2D eigenvalue weighted by Gasteiger charge is -2.45. The molecule has 1 aromatic rings. The van der Waals surface area contributed by atoms with Crippen LogP contribution in [-0.4, -0.2) is 23.2 Å². The fraction of sp³-hybridized carbons (Fsp3) is 0.625. The van der Waals surface area contributed by atoms with Gasteiger partial charge in [-0.25, -0.2) is 0 Å². The molecule has 1 fully saturated rings. The van der Waals surface area contributed by atoms with Crippen LogP contribution < -0.4 is 0 Å². The van der Waals surface area contributed by atoms with E-state index in [1.807, 2.05) is 0 Å². The molecule has 0 aliphatic heterocycles. The molecule has 1 nitrogen and oxygen atoms in total. The minimum Gasteiger partial charge on any atom is -0.296 e. The molecule has 2 rings (SSSR count). The maximum atomic E-state index is 4.58. The topological polar surface area (TPSA) is 3.24 Å². The zero-order chi connectivity index (χ0) is 13.0. The maximum Gasteiger partial charge on any atom is 0.0236 e. The van der Waals surface area contributed by atoms with Gasteiger partial charge in [0.05, 0.1) is 0 Å². The molecule has 1 aromatic carbocycles. The first-order valence-corrected chi connectivity index (χ1v) is 7.67. The van der Waals surface area contributed by atoms with Crippen LogP contribution >= 0.6 is 12.6 Å². The van der Waals surface area contributed by atoms with E-state index < -0.39 is 0 Å². The quantitative estimate of drug-likeness (QED) is 0.759. The summed E-state index contributed by atoms with van der Waals surface area (Å²) < 4.78 is 0. The number of hydrogen-bond donors (Lipinski definition) is 1. The van der Waals surface area contributed by atoms with Gasteiger partial charge in [0.15, 0.2) is 0 Å². The Morgan fingerprint density at radius 2 is 1.89 bits per heavy atom. The number of nitrogens with zero attached hydrogens (tertiary/aromatic N) is 1. The van der Waals surface area contributed by atoms with Gasteiger partial charge in [-0.1, -0.05) is 36.8 Å². The summed E-state index contributed by atoms with van der Waals surface area (Å²) in [5.74, 6) is 1.03. The lowest BCUT2D eigenvalue weighted by atomic mass is 9.69. The Balaban J connectivity index is 2.00. The third-order valence-corrected chi connectivity index (χ3v) is 4.92. The molecule has 0 spiro atoms. The van der Waals surface area contributed by atoms with E-state index in [0.29, 0.717) is 11.5 Å². The highest BCUT2D eigenvalue weighted by molar-refractivity contribution is 7.80. The molecule has 18 heavy (non-hydrogen) atoms. The van der Waals surface area contributed by atoms with Crippen molar-refractivity contribution in [1.82, 2.24) is 4.90 Å². The number of benzene rings is 1. The van der Waals surface area contributed by atoms with Crippen LogP contribution in [0.3, 0.4) is 0 Å². The average molecular weight is 263 g/mol. The van der Waals surface area contributed by atoms with Gasteiger partial charge in [-0.05, 0) is 43.4 Å². The molecule has 0 amide bonds. The van der Waals surface area contributed by atoms with E-state index in [4.69, 9.17) is 0 Å². The van der Waals surface area contributed by atoms with Crippen molar-refractivity contribution in [3.63, 3.8) is 0 Å². The molecule has 0 atom stereocenters. The van der Waals surface area contributed by atoms with Gasteiger partial charge in [0.1, 0.15) is 0 Å². The van der Waals surface area contributed by atoms with Gasteiger partial charge in [0, 0.05) is 19.1 Å². The molecule has 0 unspecified atom stereocenters. The fourth-order valence-corrected chi connectivity index (χ4v) is 3.13. The van der Waals surface area contributed by atoms with E-state index in [9.17, 15) is 0 Å². The maximum absolute atomic E-state index is 4.58. The van der Waals surface area contributed by atoms with Gasteiger partial charge in [0.25, 0.3) is 0 Å². The van der Waals surface area contributed by atoms with Crippen molar-refractivity contribution in [2.24, 2.45) is 5.41 Å². The second-order valence-corrected chi connectivity index (χ2v) is 6.31. The van der Waals surface area contributed by atoms with Crippen molar-refractivity contribution in [3.05, 3.63) is 35.9 Å². The Hall–Kier alpha value is -0.470. The summed E-state index contributed by atoms with van der Waals surface area (Å²) in [6, 6.07) is 11.4. The lowest BCUT2D eigenvalue weighted by molar-refractivity contribution is 0.0677. The highest BCUT2D eigenvalue weighted by atomic mass is 32.1. The second kappa shape index (κ2) is 6.12. The van der Waals surface area contributed by atoms with Gasteiger partial charge in [0.2, 0.25) is 0 Å². The van der Waals surface area contributed by atoms with Crippen molar-refractivity contribution in [1.29, 1.82) is 0 Å². The summed E-state index contributed by atoms with van der Waals surface area (Å²) in [7, 11) is 0. The third-order valence-electron chi connectivity index (χ3n) is 4.25. The number of thiol groups is 1. The van der Waals surface area contributed by atoms with Crippen molar-refractivity contribution in [2.45, 2.75) is 45.7 Å². The SMILES string of the molecule is CC(C)N(Cc1ccccc1)CC1(CS)CCC1. The smallest absolute Gasteiger partial charge is 0.0236 e. The highest BCUT2D eigenvalue weighted by Crippen LogP contribution is 2.42. The summed E-state index contributed by atoms with van der Waals surface area (Å²) in [4.78, 5) is 2.60. The van der Waals surface area contributed by atoms with E-state index in [1.54, 1.807) is 0 Å². The van der Waals surface area contributed by atoms with Crippen LogP contribution in [0.2, 0.25) is 0 Å². The second-order valence-electron chi connectivity index (χ2n) is 6.00. The van der Waals surface area contributed by atoms with Gasteiger partial charge >= 0.3 is 0 Å². The molecule has 0 N–H and O–H groups in total. The van der Waals surface area contributed by atoms with Gasteiger partial charge in [-0.15, -0.1) is 0 Å². The summed E-state index contributed by atoms with van der Waals surface area (Å²) in [5, 5.41) is 0. The molecular weight excluding hydrogens is 238 g/mol. The number of rotatable bonds is 6. The molecule has 2 heteroatoms. The van der Waals surface area contributed by atoms with E-state index >= 15 is 0 Å². The molecule has 1 saturated carbocycles. The summed E-state index contributed by atoms with van der Waals surface area (Å²) in [6.45, 7) is 6.86. The Morgan fingerprint density at radius 1 is 1.22 bits per heavy atom. The molecular formula is C16H25NS. The van der Waals surface area contributed by atoms with E-state index in [2.05, 4.69) is 61.7 Å². The molecule has 0 heterocycles. The van der Waals surface area contributed by atoms with E-state index in [1.165, 1.54) is 31.4 Å². The first-order valence-electron chi connectivity index (χ1n) is 7.04. The lowest BCUT2D eigenvalue weighted by Crippen LogP contribution is -2.45. The van der Waals surface area contributed by atoms with Crippen molar-refractivity contribution in [2.75, 3.05) is 12.3 Å². The standard InChI is InChI=1S/C16H25NS/c1-14(2)17(11-15-7-4-3-5-8-15)12-16(13-18)9-6-10-16/h3-5,7-8,14,18H,6,9-13H2,1-2H3. The zero-order valence-electron chi connectivity index (χ0n) is 11.6. The monoisotopic (exact) mass is 263 g/mol. The van der Waals surface area contributed by atoms with Crippen molar-refractivity contribution >= 4 is 12.6 Å². The Labute approximate surface area is 117 Å². The number of hydrogen-bond acceptors (Lipinski definition) is 2. The molecule has 1 aliphatic rings. The van der Waals surface area contributed by atoms with E-state index in [0.717, 1.165) is 12.3 Å². The minimum atomic E-state index is 0.488. The van der Waals surface area contributed by atoms with Crippen LogP contribution in [0.4, 0.5) is 0 Å². The normalized spacial score (nSPS) is 18.1. The third kappa shape index (κ3) is 3.30. The van der Waals surface area contributed by atoms with Crippen LogP contribution in [0, 0.1) is 5.41 Å². The van der Waals surface area contributed by atoms with Crippen LogP contribution in [0.15, 0.2) is 30.3 Å². The average Bonchev–Trinajstić information content (AvgIpc) is 2.33. The van der Waals surface area contributed by atoms with Crippen molar-refractivity contribution < 1.29 is 0 Å². The fourth-order valence-electron chi connectivity index (χ4n) is 2.71. The minimum absolute atomic E-state index is 0.488. The predicted molar refractivity (Wildman–Crippen MR) is 82.1 cm³/mol. The zero-order valence-corrected chi connectivity index (χ0v) is 12.5. The summed E-state index contributed by atoms with van der Waals surface area (Å²) in [5.41, 5.74) is 1.90. The molecule has 0 aromatic heterocycles. The van der Waals surface area contributed by atoms with E-state index in [-0.39, 0.29) is 0 Å². The van der Waals surface area contributed by atoms with Crippen molar-refractivity contribution in [3.8, 4) is 0 Å². The first kappa shape index (κ1) is 14.0. The van der Waals surface area contributed by atoms with Crippen LogP contribution in [0.5, 0.6) is 0 Å². The Bertz CT molecular complexity index is 351. The van der Waals surface area contributed by atoms with Crippen LogP contribution in [0.1, 0.15) is 38.7 Å².